The quantitative estimate of drug-likeness (QED) is 0.149. The largest absolute Gasteiger partial charge is 0.103 e. The molecule has 154 valence electrons. The van der Waals surface area contributed by atoms with Crippen molar-refractivity contribution in [2.45, 2.75) is 155 Å². The first-order valence-corrected chi connectivity index (χ1v) is 12.4. The second-order valence-corrected chi connectivity index (χ2v) is 8.22. The zero-order valence-electron chi connectivity index (χ0n) is 18.6. The molecule has 0 rings (SSSR count). The first kappa shape index (κ1) is 25.6. The van der Waals surface area contributed by atoms with Gasteiger partial charge in [-0.05, 0) is 12.8 Å². The Balaban J connectivity index is 3.08. The Morgan fingerprint density at radius 1 is 0.308 bits per heavy atom. The molecular formula is C26H50. The minimum atomic E-state index is 1.13. The molecule has 0 saturated heterocycles. The molecule has 0 nitrogen and oxygen atoms in total. The Morgan fingerprint density at radius 2 is 0.538 bits per heavy atom. The minimum absolute atomic E-state index is 1.13. The molecule has 0 aromatic heterocycles. The molecule has 0 unspecified atom stereocenters. The Bertz CT molecular complexity index is 293. The van der Waals surface area contributed by atoms with E-state index in [-0.39, 0.29) is 0 Å². The van der Waals surface area contributed by atoms with E-state index in [4.69, 9.17) is 0 Å². The van der Waals surface area contributed by atoms with Crippen molar-refractivity contribution in [3.8, 4) is 11.8 Å². The zero-order valence-corrected chi connectivity index (χ0v) is 18.6. The number of unbranched alkanes of at least 4 members (excludes halogenated alkanes) is 20. The number of hydrogen-bond acceptors (Lipinski definition) is 0. The summed E-state index contributed by atoms with van der Waals surface area (Å²) in [7, 11) is 0. The molecule has 0 aliphatic rings. The molecule has 0 aliphatic carbocycles. The summed E-state index contributed by atoms with van der Waals surface area (Å²) < 4.78 is 0. The molecule has 0 aromatic rings. The van der Waals surface area contributed by atoms with Gasteiger partial charge in [-0.1, -0.05) is 129 Å². The molecule has 0 atom stereocenters. The maximum absolute atomic E-state index is 3.39. The van der Waals surface area contributed by atoms with Crippen molar-refractivity contribution in [3.63, 3.8) is 0 Å². The molecule has 0 aromatic carbocycles. The van der Waals surface area contributed by atoms with Gasteiger partial charge >= 0.3 is 0 Å². The van der Waals surface area contributed by atoms with Gasteiger partial charge < -0.3 is 0 Å². The van der Waals surface area contributed by atoms with Gasteiger partial charge in [-0.25, -0.2) is 0 Å². The SMILES string of the molecule is CCCCCCCCCCCC#CCCCCCCCCCCCCC. The predicted octanol–water partition coefficient (Wildman–Crippen LogP) is 9.61. The number of hydrogen-bond donors (Lipinski definition) is 0. The fourth-order valence-electron chi connectivity index (χ4n) is 3.58. The van der Waals surface area contributed by atoms with Crippen LogP contribution in [0.2, 0.25) is 0 Å². The normalized spacial score (nSPS) is 10.7. The highest BCUT2D eigenvalue weighted by atomic mass is 14.0. The van der Waals surface area contributed by atoms with E-state index in [1.807, 2.05) is 0 Å². The Kier molecular flexibility index (Phi) is 24.1. The van der Waals surface area contributed by atoms with E-state index in [1.54, 1.807) is 0 Å². The van der Waals surface area contributed by atoms with Crippen molar-refractivity contribution in [2.75, 3.05) is 0 Å². The van der Waals surface area contributed by atoms with Crippen molar-refractivity contribution in [1.29, 1.82) is 0 Å². The number of rotatable bonds is 20. The van der Waals surface area contributed by atoms with E-state index in [0.717, 1.165) is 12.8 Å². The zero-order chi connectivity index (χ0) is 19.0. The lowest BCUT2D eigenvalue weighted by Crippen LogP contribution is -1.82. The second kappa shape index (κ2) is 24.6. The molecule has 0 N–H and O–H groups in total. The third-order valence-corrected chi connectivity index (χ3v) is 5.44. The van der Waals surface area contributed by atoms with Crippen molar-refractivity contribution in [3.05, 3.63) is 0 Å². The lowest BCUT2D eigenvalue weighted by Gasteiger charge is -2.01. The van der Waals surface area contributed by atoms with Crippen LogP contribution in [-0.2, 0) is 0 Å². The van der Waals surface area contributed by atoms with Crippen molar-refractivity contribution >= 4 is 0 Å². The van der Waals surface area contributed by atoms with Crippen LogP contribution < -0.4 is 0 Å². The van der Waals surface area contributed by atoms with Crippen LogP contribution in [0, 0.1) is 11.8 Å². The van der Waals surface area contributed by atoms with Crippen molar-refractivity contribution < 1.29 is 0 Å². The van der Waals surface area contributed by atoms with Gasteiger partial charge in [0.25, 0.3) is 0 Å². The second-order valence-electron chi connectivity index (χ2n) is 8.22. The maximum Gasteiger partial charge on any atom is 0.00886 e. The van der Waals surface area contributed by atoms with Crippen LogP contribution in [-0.4, -0.2) is 0 Å². The molecule has 0 aliphatic heterocycles. The molecular weight excluding hydrogens is 312 g/mol. The highest BCUT2D eigenvalue weighted by Crippen LogP contribution is 2.12. The third kappa shape index (κ3) is 23.6. The van der Waals surface area contributed by atoms with Gasteiger partial charge in [0.2, 0.25) is 0 Å². The van der Waals surface area contributed by atoms with E-state index in [1.165, 1.54) is 128 Å². The van der Waals surface area contributed by atoms with E-state index in [2.05, 4.69) is 25.7 Å². The van der Waals surface area contributed by atoms with Crippen LogP contribution in [0.4, 0.5) is 0 Å². The smallest absolute Gasteiger partial charge is 0.00886 e. The average molecular weight is 363 g/mol. The highest BCUT2D eigenvalue weighted by molar-refractivity contribution is 4.98. The first-order chi connectivity index (χ1) is 12.9. The van der Waals surface area contributed by atoms with Gasteiger partial charge in [-0.3, -0.25) is 0 Å². The van der Waals surface area contributed by atoms with E-state index in [0.29, 0.717) is 0 Å². The summed E-state index contributed by atoms with van der Waals surface area (Å²) in [6.45, 7) is 4.58. The van der Waals surface area contributed by atoms with E-state index < -0.39 is 0 Å². The van der Waals surface area contributed by atoms with Gasteiger partial charge in [0.05, 0.1) is 0 Å². The van der Waals surface area contributed by atoms with Gasteiger partial charge in [0.1, 0.15) is 0 Å². The molecule has 0 saturated carbocycles. The molecule has 0 heteroatoms. The summed E-state index contributed by atoms with van der Waals surface area (Å²) in [5, 5.41) is 0. The Hall–Kier alpha value is -0.440. The lowest BCUT2D eigenvalue weighted by atomic mass is 10.1. The first-order valence-electron chi connectivity index (χ1n) is 12.4. The minimum Gasteiger partial charge on any atom is -0.103 e. The topological polar surface area (TPSA) is 0 Å². The van der Waals surface area contributed by atoms with Crippen LogP contribution in [0.3, 0.4) is 0 Å². The van der Waals surface area contributed by atoms with Crippen molar-refractivity contribution in [2.24, 2.45) is 0 Å². The van der Waals surface area contributed by atoms with Crippen LogP contribution in [0.1, 0.15) is 155 Å². The van der Waals surface area contributed by atoms with Crippen LogP contribution in [0.5, 0.6) is 0 Å². The fourth-order valence-corrected chi connectivity index (χ4v) is 3.58. The molecule has 0 radical (unpaired) electrons. The Labute approximate surface area is 167 Å². The molecule has 0 bridgehead atoms. The summed E-state index contributed by atoms with van der Waals surface area (Å²) in [5.41, 5.74) is 0. The maximum atomic E-state index is 3.39. The molecule has 0 amide bonds. The van der Waals surface area contributed by atoms with Crippen molar-refractivity contribution in [1.82, 2.24) is 0 Å². The van der Waals surface area contributed by atoms with Crippen LogP contribution in [0.25, 0.3) is 0 Å². The standard InChI is InChI=1S/C26H50/c1-3-5-7-9-11-13-15-17-19-21-23-25-26-24-22-20-18-16-14-12-10-8-6-4-2/h3-23,25H2,1-2H3. The van der Waals surface area contributed by atoms with E-state index >= 15 is 0 Å². The summed E-state index contributed by atoms with van der Waals surface area (Å²) in [6.07, 6.45) is 30.6. The monoisotopic (exact) mass is 362 g/mol. The van der Waals surface area contributed by atoms with Crippen LogP contribution in [0.15, 0.2) is 0 Å². The third-order valence-electron chi connectivity index (χ3n) is 5.44. The van der Waals surface area contributed by atoms with Gasteiger partial charge in [-0.2, -0.15) is 0 Å². The predicted molar refractivity (Wildman–Crippen MR) is 121 cm³/mol. The van der Waals surface area contributed by atoms with Crippen LogP contribution >= 0.6 is 0 Å². The van der Waals surface area contributed by atoms with Gasteiger partial charge in [0, 0.05) is 12.8 Å². The Morgan fingerprint density at radius 3 is 0.808 bits per heavy atom. The summed E-state index contributed by atoms with van der Waals surface area (Å²) in [5.74, 6) is 6.78. The van der Waals surface area contributed by atoms with Gasteiger partial charge in [0.15, 0.2) is 0 Å². The molecule has 0 fully saturated rings. The molecule has 0 spiro atoms. The lowest BCUT2D eigenvalue weighted by molar-refractivity contribution is 0.551. The fraction of sp³-hybridized carbons (Fsp3) is 0.923. The molecule has 26 heavy (non-hydrogen) atoms. The molecule has 0 heterocycles. The van der Waals surface area contributed by atoms with E-state index in [9.17, 15) is 0 Å². The summed E-state index contributed by atoms with van der Waals surface area (Å²) in [6, 6.07) is 0. The summed E-state index contributed by atoms with van der Waals surface area (Å²) in [4.78, 5) is 0. The summed E-state index contributed by atoms with van der Waals surface area (Å²) >= 11 is 0. The average Bonchev–Trinajstić information content (AvgIpc) is 2.66. The highest BCUT2D eigenvalue weighted by Gasteiger charge is 1.93. The van der Waals surface area contributed by atoms with Gasteiger partial charge in [-0.15, -0.1) is 11.8 Å².